The van der Waals surface area contributed by atoms with Crippen molar-refractivity contribution in [3.63, 3.8) is 0 Å². The van der Waals surface area contributed by atoms with Gasteiger partial charge in [-0.3, -0.25) is 18.7 Å². The summed E-state index contributed by atoms with van der Waals surface area (Å²) in [6.07, 6.45) is 3.17. The first-order chi connectivity index (χ1) is 15.3. The minimum absolute atomic E-state index is 0.136. The van der Waals surface area contributed by atoms with Gasteiger partial charge in [0.05, 0.1) is 5.69 Å². The lowest BCUT2D eigenvalue weighted by atomic mass is 10.1. The molecule has 1 amide bonds. The summed E-state index contributed by atoms with van der Waals surface area (Å²) in [6, 6.07) is 2.36. The van der Waals surface area contributed by atoms with Gasteiger partial charge < -0.3 is 10.2 Å². The minimum Gasteiger partial charge on any atom is -0.348 e. The minimum atomic E-state index is -0.927. The molecule has 1 aliphatic heterocycles. The molecule has 0 saturated carbocycles. The number of carbonyl (C=O) groups is 1. The van der Waals surface area contributed by atoms with Crippen LogP contribution in [0.2, 0.25) is 0 Å². The number of anilines is 2. The Balaban J connectivity index is 1.76. The molecule has 11 heteroatoms. The lowest BCUT2D eigenvalue weighted by Gasteiger charge is -2.25. The van der Waals surface area contributed by atoms with E-state index in [1.807, 2.05) is 0 Å². The van der Waals surface area contributed by atoms with E-state index in [0.717, 1.165) is 53.6 Å². The second-order valence-electron chi connectivity index (χ2n) is 8.01. The number of nitrogens with zero attached hydrogens (tertiary/aromatic N) is 4. The molecular weight excluding hydrogens is 440 g/mol. The van der Waals surface area contributed by atoms with Crippen molar-refractivity contribution in [2.75, 3.05) is 23.3 Å². The second kappa shape index (κ2) is 8.81. The van der Waals surface area contributed by atoms with Gasteiger partial charge in [-0.25, -0.2) is 18.6 Å². The van der Waals surface area contributed by atoms with Crippen molar-refractivity contribution < 1.29 is 13.6 Å². The fourth-order valence-electron chi connectivity index (χ4n) is 3.78. The monoisotopic (exact) mass is 463 g/mol. The van der Waals surface area contributed by atoms with Crippen LogP contribution in [0.4, 0.5) is 19.6 Å². The Morgan fingerprint density at radius 3 is 2.56 bits per heavy atom. The van der Waals surface area contributed by atoms with Gasteiger partial charge in [-0.2, -0.15) is 0 Å². The van der Waals surface area contributed by atoms with Gasteiger partial charge in [-0.15, -0.1) is 0 Å². The molecule has 0 radical (unpaired) electrons. The first kappa shape index (κ1) is 22.1. The van der Waals surface area contributed by atoms with Crippen molar-refractivity contribution in [2.45, 2.75) is 45.7 Å². The molecule has 0 atom stereocenters. The van der Waals surface area contributed by atoms with Crippen LogP contribution >= 0.6 is 11.3 Å². The van der Waals surface area contributed by atoms with E-state index in [-0.39, 0.29) is 11.3 Å². The van der Waals surface area contributed by atoms with Crippen molar-refractivity contribution in [3.8, 4) is 0 Å². The van der Waals surface area contributed by atoms with Crippen molar-refractivity contribution >= 4 is 38.4 Å². The maximum absolute atomic E-state index is 13.9. The van der Waals surface area contributed by atoms with Crippen molar-refractivity contribution in [3.05, 3.63) is 50.7 Å². The predicted molar refractivity (Wildman–Crippen MR) is 120 cm³/mol. The number of amides is 1. The summed E-state index contributed by atoms with van der Waals surface area (Å²) < 4.78 is 29.6. The highest BCUT2D eigenvalue weighted by Gasteiger charge is 2.23. The van der Waals surface area contributed by atoms with Gasteiger partial charge in [0, 0.05) is 25.2 Å². The van der Waals surface area contributed by atoms with Crippen LogP contribution in [0.25, 0.3) is 10.3 Å². The normalized spacial score (nSPS) is 14.3. The van der Waals surface area contributed by atoms with Gasteiger partial charge in [0.25, 0.3) is 5.56 Å². The Morgan fingerprint density at radius 2 is 1.91 bits per heavy atom. The second-order valence-corrected chi connectivity index (χ2v) is 8.98. The van der Waals surface area contributed by atoms with Gasteiger partial charge in [0.2, 0.25) is 5.91 Å². The summed E-state index contributed by atoms with van der Waals surface area (Å²) in [5, 5.41) is 2.98. The highest BCUT2D eigenvalue weighted by molar-refractivity contribution is 7.22. The Hall–Kier alpha value is -3.08. The molecule has 170 valence electrons. The number of hydrogen-bond acceptors (Lipinski definition) is 6. The molecule has 0 bridgehead atoms. The number of carbonyl (C=O) groups excluding carboxylic acids is 1. The third-order valence-corrected chi connectivity index (χ3v) is 6.45. The van der Waals surface area contributed by atoms with Crippen molar-refractivity contribution in [1.82, 2.24) is 14.1 Å². The number of thiazole rings is 1. The molecule has 8 nitrogen and oxygen atoms in total. The standard InChI is InChI=1S/C21H23F2N5O3S/c1-12(2)28-19(30)17-18(25-20(32-17)26-8-4-3-5-9-26)27(21(28)31)11-16(29)24-15-7-6-13(22)10-14(15)23/h6-7,10,12H,3-5,8-9,11H2,1-2H3,(H,24,29). The van der Waals surface area contributed by atoms with E-state index in [2.05, 4.69) is 15.2 Å². The summed E-state index contributed by atoms with van der Waals surface area (Å²) >= 11 is 1.21. The molecule has 0 spiro atoms. The molecule has 1 saturated heterocycles. The zero-order valence-electron chi connectivity index (χ0n) is 17.7. The van der Waals surface area contributed by atoms with Gasteiger partial charge in [-0.1, -0.05) is 11.3 Å². The first-order valence-corrected chi connectivity index (χ1v) is 11.2. The number of piperidine rings is 1. The molecule has 2 aromatic heterocycles. The van der Waals surface area contributed by atoms with Gasteiger partial charge in [0.15, 0.2) is 10.8 Å². The molecule has 3 aromatic rings. The quantitative estimate of drug-likeness (QED) is 0.628. The number of nitrogens with one attached hydrogen (secondary N) is 1. The molecule has 1 aliphatic rings. The first-order valence-electron chi connectivity index (χ1n) is 10.4. The van der Waals surface area contributed by atoms with Gasteiger partial charge in [0.1, 0.15) is 22.9 Å². The molecule has 32 heavy (non-hydrogen) atoms. The average Bonchev–Trinajstić information content (AvgIpc) is 3.19. The van der Waals surface area contributed by atoms with E-state index in [1.165, 1.54) is 11.3 Å². The molecule has 1 fully saturated rings. The lowest BCUT2D eigenvalue weighted by Crippen LogP contribution is -2.42. The summed E-state index contributed by atoms with van der Waals surface area (Å²) in [4.78, 5) is 45.4. The lowest BCUT2D eigenvalue weighted by molar-refractivity contribution is -0.116. The number of benzene rings is 1. The van der Waals surface area contributed by atoms with Crippen molar-refractivity contribution in [1.29, 1.82) is 0 Å². The van der Waals surface area contributed by atoms with Crippen LogP contribution < -0.4 is 21.5 Å². The Labute approximate surface area is 186 Å². The maximum Gasteiger partial charge on any atom is 0.333 e. The number of rotatable bonds is 5. The van der Waals surface area contributed by atoms with E-state index in [9.17, 15) is 23.2 Å². The third kappa shape index (κ3) is 4.16. The highest BCUT2D eigenvalue weighted by Crippen LogP contribution is 2.28. The molecule has 0 aliphatic carbocycles. The summed E-state index contributed by atoms with van der Waals surface area (Å²) in [6.45, 7) is 4.57. The highest BCUT2D eigenvalue weighted by atomic mass is 32.1. The molecule has 1 aromatic carbocycles. The number of halogens is 2. The zero-order valence-corrected chi connectivity index (χ0v) is 18.5. The van der Waals surface area contributed by atoms with Gasteiger partial charge in [-0.05, 0) is 45.2 Å². The SMILES string of the molecule is CC(C)n1c(=O)c2sc(N3CCCCC3)nc2n(CC(=O)Nc2ccc(F)cc2F)c1=O. The zero-order chi connectivity index (χ0) is 23.0. The summed E-state index contributed by atoms with van der Waals surface area (Å²) in [5.41, 5.74) is -1.17. The van der Waals surface area contributed by atoms with E-state index in [0.29, 0.717) is 15.9 Å². The Morgan fingerprint density at radius 1 is 1.19 bits per heavy atom. The van der Waals surface area contributed by atoms with Crippen LogP contribution in [0.15, 0.2) is 27.8 Å². The van der Waals surface area contributed by atoms with E-state index in [4.69, 9.17) is 0 Å². The summed E-state index contributed by atoms with van der Waals surface area (Å²) in [5.74, 6) is -2.39. The van der Waals surface area contributed by atoms with E-state index >= 15 is 0 Å². The maximum atomic E-state index is 13.9. The average molecular weight is 464 g/mol. The summed E-state index contributed by atoms with van der Waals surface area (Å²) in [7, 11) is 0. The fourth-order valence-corrected chi connectivity index (χ4v) is 4.84. The van der Waals surface area contributed by atoms with Crippen molar-refractivity contribution in [2.24, 2.45) is 0 Å². The largest absolute Gasteiger partial charge is 0.348 e. The Bertz CT molecular complexity index is 1290. The fraction of sp³-hybridized carbons (Fsp3) is 0.429. The van der Waals surface area contributed by atoms with Crippen LogP contribution in [0.1, 0.15) is 39.2 Å². The van der Waals surface area contributed by atoms with Gasteiger partial charge >= 0.3 is 5.69 Å². The predicted octanol–water partition coefficient (Wildman–Crippen LogP) is 3.11. The molecule has 1 N–H and O–H groups in total. The van der Waals surface area contributed by atoms with Crippen LogP contribution in [-0.4, -0.2) is 33.1 Å². The van der Waals surface area contributed by atoms with E-state index < -0.39 is 41.4 Å². The topological polar surface area (TPSA) is 89.2 Å². The Kier molecular flexibility index (Phi) is 6.09. The molecule has 0 unspecified atom stereocenters. The molecule has 4 rings (SSSR count). The number of aromatic nitrogens is 3. The molecular formula is C21H23F2N5O3S. The number of fused-ring (bicyclic) bond motifs is 1. The molecule has 3 heterocycles. The van der Waals surface area contributed by atoms with E-state index in [1.54, 1.807) is 13.8 Å². The van der Waals surface area contributed by atoms with Crippen LogP contribution in [0.3, 0.4) is 0 Å². The van der Waals surface area contributed by atoms with Crippen LogP contribution in [-0.2, 0) is 11.3 Å². The third-order valence-electron chi connectivity index (χ3n) is 5.35. The smallest absolute Gasteiger partial charge is 0.333 e. The number of hydrogen-bond donors (Lipinski definition) is 1. The van der Waals surface area contributed by atoms with Crippen LogP contribution in [0.5, 0.6) is 0 Å². The van der Waals surface area contributed by atoms with Crippen LogP contribution in [0, 0.1) is 11.6 Å².